The first-order valence-corrected chi connectivity index (χ1v) is 4.97. The minimum absolute atomic E-state index is 0.280. The number of benzene rings is 1. The molecule has 0 saturated carbocycles. The van der Waals surface area contributed by atoms with E-state index in [2.05, 4.69) is 10.3 Å². The number of para-hydroxylation sites is 1. The number of hydrogen-bond donors (Lipinski definition) is 3. The zero-order chi connectivity index (χ0) is 11.4. The third-order valence-corrected chi connectivity index (χ3v) is 2.31. The Kier molecular flexibility index (Phi) is 2.91. The first-order valence-electron chi connectivity index (χ1n) is 4.97. The fraction of sp³-hybridized carbons (Fsp3) is 0.0833. The first kappa shape index (κ1) is 10.3. The smallest absolute Gasteiger partial charge is 0.120 e. The number of anilines is 2. The quantitative estimate of drug-likeness (QED) is 0.732. The molecule has 0 fully saturated rings. The molecule has 0 unspecified atom stereocenters. The molecule has 1 heterocycles. The maximum absolute atomic E-state index is 9.57. The zero-order valence-corrected chi connectivity index (χ0v) is 8.72. The molecule has 0 aliphatic rings. The highest BCUT2D eigenvalue weighted by Gasteiger charge is 2.01. The molecule has 2 rings (SSSR count). The molecule has 82 valence electrons. The normalized spacial score (nSPS) is 10.0. The van der Waals surface area contributed by atoms with Gasteiger partial charge in [0.05, 0.1) is 17.6 Å². The van der Waals surface area contributed by atoms with Gasteiger partial charge in [0.25, 0.3) is 0 Å². The van der Waals surface area contributed by atoms with Crippen LogP contribution in [0.4, 0.5) is 11.4 Å². The number of aromatic hydroxyl groups is 1. The van der Waals surface area contributed by atoms with Crippen molar-refractivity contribution in [2.75, 3.05) is 11.1 Å². The summed E-state index contributed by atoms with van der Waals surface area (Å²) in [6.45, 7) is 0.529. The van der Waals surface area contributed by atoms with E-state index in [0.29, 0.717) is 12.2 Å². The number of nitrogens with one attached hydrogen (secondary N) is 1. The standard InChI is InChI=1S/C12H13N3O/c13-10-8-14-6-5-11(10)15-7-9-3-1-2-4-12(9)16/h1-6,8,16H,7,13H2,(H,14,15). The molecule has 0 spiro atoms. The third kappa shape index (κ3) is 2.23. The summed E-state index contributed by atoms with van der Waals surface area (Å²) in [6, 6.07) is 8.99. The number of aromatic nitrogens is 1. The van der Waals surface area contributed by atoms with E-state index in [1.807, 2.05) is 12.1 Å². The highest BCUT2D eigenvalue weighted by atomic mass is 16.3. The van der Waals surface area contributed by atoms with Crippen LogP contribution in [0.2, 0.25) is 0 Å². The van der Waals surface area contributed by atoms with Gasteiger partial charge in [-0.3, -0.25) is 4.98 Å². The van der Waals surface area contributed by atoms with Crippen molar-refractivity contribution >= 4 is 11.4 Å². The van der Waals surface area contributed by atoms with Gasteiger partial charge in [0.1, 0.15) is 5.75 Å². The minimum atomic E-state index is 0.280. The molecule has 0 atom stereocenters. The Morgan fingerprint density at radius 3 is 2.81 bits per heavy atom. The molecular formula is C12H13N3O. The maximum atomic E-state index is 9.57. The molecule has 4 nitrogen and oxygen atoms in total. The van der Waals surface area contributed by atoms with Crippen LogP contribution >= 0.6 is 0 Å². The van der Waals surface area contributed by atoms with Gasteiger partial charge in [-0.2, -0.15) is 0 Å². The van der Waals surface area contributed by atoms with Gasteiger partial charge in [-0.05, 0) is 12.1 Å². The van der Waals surface area contributed by atoms with Gasteiger partial charge in [-0.25, -0.2) is 0 Å². The van der Waals surface area contributed by atoms with Crippen molar-refractivity contribution in [3.63, 3.8) is 0 Å². The highest BCUT2D eigenvalue weighted by Crippen LogP contribution is 2.20. The monoisotopic (exact) mass is 215 g/mol. The molecule has 4 heteroatoms. The van der Waals surface area contributed by atoms with E-state index in [9.17, 15) is 5.11 Å². The van der Waals surface area contributed by atoms with E-state index in [0.717, 1.165) is 11.3 Å². The van der Waals surface area contributed by atoms with Gasteiger partial charge in [0.2, 0.25) is 0 Å². The SMILES string of the molecule is Nc1cnccc1NCc1ccccc1O. The van der Waals surface area contributed by atoms with Crippen LogP contribution in [0.5, 0.6) is 5.75 Å². The molecule has 1 aromatic heterocycles. The minimum Gasteiger partial charge on any atom is -0.508 e. The first-order chi connectivity index (χ1) is 7.77. The number of pyridine rings is 1. The summed E-state index contributed by atoms with van der Waals surface area (Å²) in [4.78, 5) is 3.90. The molecule has 0 amide bonds. The number of nitrogens with zero attached hydrogens (tertiary/aromatic N) is 1. The van der Waals surface area contributed by atoms with Crippen LogP contribution in [0.1, 0.15) is 5.56 Å². The molecule has 0 radical (unpaired) electrons. The van der Waals surface area contributed by atoms with E-state index in [1.54, 1.807) is 30.6 Å². The second-order valence-electron chi connectivity index (χ2n) is 3.45. The molecule has 16 heavy (non-hydrogen) atoms. The zero-order valence-electron chi connectivity index (χ0n) is 8.72. The van der Waals surface area contributed by atoms with Crippen LogP contribution in [0, 0.1) is 0 Å². The molecule has 0 aliphatic carbocycles. The van der Waals surface area contributed by atoms with Crippen LogP contribution < -0.4 is 11.1 Å². The summed E-state index contributed by atoms with van der Waals surface area (Å²) >= 11 is 0. The van der Waals surface area contributed by atoms with Gasteiger partial charge in [0.15, 0.2) is 0 Å². The Hall–Kier alpha value is -2.23. The van der Waals surface area contributed by atoms with Crippen molar-refractivity contribution in [2.24, 2.45) is 0 Å². The van der Waals surface area contributed by atoms with Crippen molar-refractivity contribution in [3.8, 4) is 5.75 Å². The third-order valence-electron chi connectivity index (χ3n) is 2.31. The topological polar surface area (TPSA) is 71.2 Å². The van der Waals surface area contributed by atoms with E-state index >= 15 is 0 Å². The van der Waals surface area contributed by atoms with Gasteiger partial charge >= 0.3 is 0 Å². The van der Waals surface area contributed by atoms with Crippen molar-refractivity contribution in [1.29, 1.82) is 0 Å². The van der Waals surface area contributed by atoms with Crippen molar-refractivity contribution < 1.29 is 5.11 Å². The van der Waals surface area contributed by atoms with Crippen molar-refractivity contribution in [1.82, 2.24) is 4.98 Å². The lowest BCUT2D eigenvalue weighted by molar-refractivity contribution is 0.469. The summed E-state index contributed by atoms with van der Waals surface area (Å²) in [5.74, 6) is 0.280. The molecule has 0 aliphatic heterocycles. The Morgan fingerprint density at radius 1 is 1.25 bits per heavy atom. The number of rotatable bonds is 3. The van der Waals surface area contributed by atoms with Crippen molar-refractivity contribution in [2.45, 2.75) is 6.54 Å². The predicted molar refractivity (Wildman–Crippen MR) is 64.1 cm³/mol. The average Bonchev–Trinajstić information content (AvgIpc) is 2.30. The molecule has 0 bridgehead atoms. The van der Waals surface area contributed by atoms with E-state index in [1.165, 1.54) is 0 Å². The molecular weight excluding hydrogens is 202 g/mol. The number of nitrogens with two attached hydrogens (primary N) is 1. The highest BCUT2D eigenvalue weighted by molar-refractivity contribution is 5.64. The van der Waals surface area contributed by atoms with Crippen LogP contribution in [0.25, 0.3) is 0 Å². The predicted octanol–water partition coefficient (Wildman–Crippen LogP) is 1.98. The molecule has 2 aromatic rings. The van der Waals surface area contributed by atoms with Crippen LogP contribution in [0.3, 0.4) is 0 Å². The van der Waals surface area contributed by atoms with Crippen LogP contribution in [-0.2, 0) is 6.54 Å². The van der Waals surface area contributed by atoms with Crippen LogP contribution in [0.15, 0.2) is 42.7 Å². The number of hydrogen-bond acceptors (Lipinski definition) is 4. The van der Waals surface area contributed by atoms with Crippen LogP contribution in [-0.4, -0.2) is 10.1 Å². The second-order valence-corrected chi connectivity index (χ2v) is 3.45. The van der Waals surface area contributed by atoms with Crippen molar-refractivity contribution in [3.05, 3.63) is 48.3 Å². The lowest BCUT2D eigenvalue weighted by atomic mass is 10.2. The van der Waals surface area contributed by atoms with Gasteiger partial charge in [0, 0.05) is 18.3 Å². The van der Waals surface area contributed by atoms with E-state index < -0.39 is 0 Å². The lowest BCUT2D eigenvalue weighted by Gasteiger charge is -2.09. The Bertz CT molecular complexity index is 440. The maximum Gasteiger partial charge on any atom is 0.120 e. The summed E-state index contributed by atoms with van der Waals surface area (Å²) in [5.41, 5.74) is 7.98. The van der Waals surface area contributed by atoms with Gasteiger partial charge < -0.3 is 16.2 Å². The summed E-state index contributed by atoms with van der Waals surface area (Å²) < 4.78 is 0. The summed E-state index contributed by atoms with van der Waals surface area (Å²) in [5, 5.41) is 12.7. The van der Waals surface area contributed by atoms with E-state index in [4.69, 9.17) is 5.73 Å². The lowest BCUT2D eigenvalue weighted by Crippen LogP contribution is -2.02. The Labute approximate surface area is 93.8 Å². The fourth-order valence-electron chi connectivity index (χ4n) is 1.42. The average molecular weight is 215 g/mol. The molecule has 1 aromatic carbocycles. The van der Waals surface area contributed by atoms with E-state index in [-0.39, 0.29) is 5.75 Å². The fourth-order valence-corrected chi connectivity index (χ4v) is 1.42. The summed E-state index contributed by atoms with van der Waals surface area (Å²) in [6.07, 6.45) is 3.26. The number of nitrogen functional groups attached to an aromatic ring is 1. The van der Waals surface area contributed by atoms with Gasteiger partial charge in [-0.1, -0.05) is 18.2 Å². The Balaban J connectivity index is 2.09. The molecule has 0 saturated heterocycles. The molecule has 4 N–H and O–H groups in total. The Morgan fingerprint density at radius 2 is 2.06 bits per heavy atom. The summed E-state index contributed by atoms with van der Waals surface area (Å²) in [7, 11) is 0. The number of phenolic OH excluding ortho intramolecular Hbond substituents is 1. The largest absolute Gasteiger partial charge is 0.508 e. The second kappa shape index (κ2) is 4.53. The van der Waals surface area contributed by atoms with Gasteiger partial charge in [-0.15, -0.1) is 0 Å². The number of phenols is 1.